The zero-order valence-electron chi connectivity index (χ0n) is 15.0. The third-order valence-corrected chi connectivity index (χ3v) is 4.52. The van der Waals surface area contributed by atoms with E-state index in [0.717, 1.165) is 35.1 Å². The number of benzene rings is 2. The van der Waals surface area contributed by atoms with Crippen molar-refractivity contribution < 1.29 is 9.90 Å². The Morgan fingerprint density at radius 3 is 2.04 bits per heavy atom. The van der Waals surface area contributed by atoms with Gasteiger partial charge in [0.05, 0.1) is 5.92 Å². The Hall–Kier alpha value is -3.01. The average Bonchev–Trinajstić information content (AvgIpc) is 2.68. The number of rotatable bonds is 6. The van der Waals surface area contributed by atoms with Gasteiger partial charge in [-0.15, -0.1) is 0 Å². The quantitative estimate of drug-likeness (QED) is 0.686. The molecule has 0 radical (unpaired) electrons. The highest BCUT2D eigenvalue weighted by atomic mass is 16.4. The van der Waals surface area contributed by atoms with E-state index >= 15 is 0 Å². The highest BCUT2D eigenvalue weighted by Crippen LogP contribution is 2.23. The Morgan fingerprint density at radius 2 is 1.50 bits per heavy atom. The summed E-state index contributed by atoms with van der Waals surface area (Å²) in [6.45, 7) is 3.85. The summed E-state index contributed by atoms with van der Waals surface area (Å²) in [5.41, 5.74) is 4.98. The normalized spacial score (nSPS) is 11.9. The van der Waals surface area contributed by atoms with E-state index in [0.29, 0.717) is 5.82 Å². The molecule has 0 aliphatic carbocycles. The number of carbonyl (C=O) groups is 1. The minimum atomic E-state index is -0.824. The van der Waals surface area contributed by atoms with Gasteiger partial charge in [-0.1, -0.05) is 61.9 Å². The molecule has 1 atom stereocenters. The van der Waals surface area contributed by atoms with Gasteiger partial charge in [0.15, 0.2) is 5.82 Å². The first-order valence-corrected chi connectivity index (χ1v) is 8.83. The Balaban J connectivity index is 1.78. The molecule has 4 nitrogen and oxygen atoms in total. The van der Waals surface area contributed by atoms with Crippen molar-refractivity contribution in [3.63, 3.8) is 0 Å². The first kappa shape index (κ1) is 17.8. The molecular weight excluding hydrogens is 324 g/mol. The van der Waals surface area contributed by atoms with E-state index in [9.17, 15) is 4.79 Å². The third-order valence-electron chi connectivity index (χ3n) is 4.52. The first-order chi connectivity index (χ1) is 12.6. The van der Waals surface area contributed by atoms with Crippen LogP contribution in [0.2, 0.25) is 0 Å². The monoisotopic (exact) mass is 346 g/mol. The highest BCUT2D eigenvalue weighted by molar-refractivity contribution is 5.76. The van der Waals surface area contributed by atoms with Crippen molar-refractivity contribution in [3.8, 4) is 22.5 Å². The summed E-state index contributed by atoms with van der Waals surface area (Å²) in [6, 6.07) is 15.9. The van der Waals surface area contributed by atoms with Crippen molar-refractivity contribution >= 4 is 5.97 Å². The molecule has 0 bridgehead atoms. The molecule has 2 aromatic carbocycles. The smallest absolute Gasteiger partial charge is 0.310 e. The van der Waals surface area contributed by atoms with E-state index in [2.05, 4.69) is 41.2 Å². The topological polar surface area (TPSA) is 63.1 Å². The first-order valence-electron chi connectivity index (χ1n) is 8.83. The van der Waals surface area contributed by atoms with Crippen LogP contribution in [-0.2, 0) is 11.2 Å². The number of carboxylic acids is 1. The molecule has 0 amide bonds. The van der Waals surface area contributed by atoms with Crippen molar-refractivity contribution in [1.29, 1.82) is 0 Å². The zero-order valence-corrected chi connectivity index (χ0v) is 15.0. The molecule has 0 saturated carbocycles. The van der Waals surface area contributed by atoms with Crippen LogP contribution in [0.15, 0.2) is 60.9 Å². The van der Waals surface area contributed by atoms with E-state index in [-0.39, 0.29) is 0 Å². The van der Waals surface area contributed by atoms with Gasteiger partial charge in [-0.05, 0) is 30.0 Å². The summed E-state index contributed by atoms with van der Waals surface area (Å²) in [7, 11) is 0. The van der Waals surface area contributed by atoms with Crippen LogP contribution in [0.3, 0.4) is 0 Å². The highest BCUT2D eigenvalue weighted by Gasteiger charge is 2.13. The number of hydrogen-bond acceptors (Lipinski definition) is 3. The Morgan fingerprint density at radius 1 is 0.923 bits per heavy atom. The van der Waals surface area contributed by atoms with Gasteiger partial charge in [0, 0.05) is 23.5 Å². The molecule has 0 aliphatic heterocycles. The Kier molecular flexibility index (Phi) is 5.42. The minimum absolute atomic E-state index is 0.515. The lowest BCUT2D eigenvalue weighted by molar-refractivity contribution is -0.138. The van der Waals surface area contributed by atoms with Crippen molar-refractivity contribution in [1.82, 2.24) is 9.97 Å². The second-order valence-electron chi connectivity index (χ2n) is 6.42. The maximum absolute atomic E-state index is 11.1. The number of aliphatic carboxylic acids is 1. The predicted molar refractivity (Wildman–Crippen MR) is 103 cm³/mol. The van der Waals surface area contributed by atoms with Crippen LogP contribution in [0.5, 0.6) is 0 Å². The number of hydrogen-bond donors (Lipinski definition) is 1. The van der Waals surface area contributed by atoms with Crippen molar-refractivity contribution in [2.45, 2.75) is 32.6 Å². The van der Waals surface area contributed by atoms with E-state index in [4.69, 9.17) is 5.11 Å². The fourth-order valence-corrected chi connectivity index (χ4v) is 2.84. The SMILES string of the molecule is CCCc1ccc(-c2ncc(-c3ccc(C(C)C(=O)O)cc3)cn2)cc1. The summed E-state index contributed by atoms with van der Waals surface area (Å²) in [6.07, 6.45) is 5.82. The second kappa shape index (κ2) is 7.91. The van der Waals surface area contributed by atoms with Crippen LogP contribution < -0.4 is 0 Å². The largest absolute Gasteiger partial charge is 0.481 e. The molecule has 26 heavy (non-hydrogen) atoms. The summed E-state index contributed by atoms with van der Waals surface area (Å²) < 4.78 is 0. The van der Waals surface area contributed by atoms with Crippen LogP contribution in [0, 0.1) is 0 Å². The zero-order chi connectivity index (χ0) is 18.5. The van der Waals surface area contributed by atoms with Gasteiger partial charge in [0.2, 0.25) is 0 Å². The maximum atomic E-state index is 11.1. The molecule has 0 saturated heterocycles. The molecule has 0 aliphatic rings. The molecule has 1 N–H and O–H groups in total. The van der Waals surface area contributed by atoms with Gasteiger partial charge >= 0.3 is 5.97 Å². The molecule has 1 aromatic heterocycles. The van der Waals surface area contributed by atoms with Gasteiger partial charge in [0.25, 0.3) is 0 Å². The van der Waals surface area contributed by atoms with E-state index in [1.807, 2.05) is 24.3 Å². The van der Waals surface area contributed by atoms with Crippen molar-refractivity contribution in [2.24, 2.45) is 0 Å². The summed E-state index contributed by atoms with van der Waals surface area (Å²) in [5, 5.41) is 9.09. The molecule has 1 heterocycles. The lowest BCUT2D eigenvalue weighted by Gasteiger charge is -2.08. The maximum Gasteiger partial charge on any atom is 0.310 e. The molecular formula is C22H22N2O2. The number of nitrogens with zero attached hydrogens (tertiary/aromatic N) is 2. The van der Waals surface area contributed by atoms with Crippen molar-refractivity contribution in [3.05, 3.63) is 72.1 Å². The second-order valence-corrected chi connectivity index (χ2v) is 6.42. The molecule has 3 aromatic rings. The molecule has 132 valence electrons. The third kappa shape index (κ3) is 3.97. The van der Waals surface area contributed by atoms with E-state index in [1.165, 1.54) is 5.56 Å². The van der Waals surface area contributed by atoms with E-state index in [1.54, 1.807) is 19.3 Å². The van der Waals surface area contributed by atoms with Gasteiger partial charge in [0.1, 0.15) is 0 Å². The molecule has 0 fully saturated rings. The van der Waals surface area contributed by atoms with Crippen LogP contribution in [-0.4, -0.2) is 21.0 Å². The van der Waals surface area contributed by atoms with Gasteiger partial charge in [-0.25, -0.2) is 9.97 Å². The van der Waals surface area contributed by atoms with Crippen LogP contribution in [0.1, 0.15) is 37.3 Å². The fraction of sp³-hybridized carbons (Fsp3) is 0.227. The van der Waals surface area contributed by atoms with E-state index < -0.39 is 11.9 Å². The minimum Gasteiger partial charge on any atom is -0.481 e. The predicted octanol–water partition coefficient (Wildman–Crippen LogP) is 4.95. The van der Waals surface area contributed by atoms with Crippen LogP contribution in [0.4, 0.5) is 0 Å². The average molecular weight is 346 g/mol. The standard InChI is InChI=1S/C22H22N2O2/c1-3-4-16-5-7-19(8-6-16)21-23-13-20(14-24-21)18-11-9-17(10-12-18)15(2)22(25)26/h5-15H,3-4H2,1-2H3,(H,25,26). The molecule has 1 unspecified atom stereocenters. The lowest BCUT2D eigenvalue weighted by atomic mass is 9.98. The Bertz CT molecular complexity index is 870. The summed E-state index contributed by atoms with van der Waals surface area (Å²) in [4.78, 5) is 20.0. The molecule has 4 heteroatoms. The van der Waals surface area contributed by atoms with Crippen molar-refractivity contribution in [2.75, 3.05) is 0 Å². The fourth-order valence-electron chi connectivity index (χ4n) is 2.84. The number of aryl methyl sites for hydroxylation is 1. The van der Waals surface area contributed by atoms with Gasteiger partial charge in [-0.3, -0.25) is 4.79 Å². The molecule has 0 spiro atoms. The van der Waals surface area contributed by atoms with Crippen LogP contribution >= 0.6 is 0 Å². The molecule has 3 rings (SSSR count). The van der Waals surface area contributed by atoms with Gasteiger partial charge < -0.3 is 5.11 Å². The Labute approximate surface area is 153 Å². The summed E-state index contributed by atoms with van der Waals surface area (Å²) >= 11 is 0. The van der Waals surface area contributed by atoms with Crippen LogP contribution in [0.25, 0.3) is 22.5 Å². The lowest BCUT2D eigenvalue weighted by Crippen LogP contribution is -2.06. The number of aromatic nitrogens is 2. The van der Waals surface area contributed by atoms with Gasteiger partial charge in [-0.2, -0.15) is 0 Å². The number of carboxylic acid groups (broad SMARTS) is 1. The summed E-state index contributed by atoms with van der Waals surface area (Å²) in [5.74, 6) is -0.637.